The lowest BCUT2D eigenvalue weighted by Gasteiger charge is -2.26. The van der Waals surface area contributed by atoms with Gasteiger partial charge in [-0.05, 0) is 30.5 Å². The van der Waals surface area contributed by atoms with Crippen LogP contribution in [0.15, 0.2) is 12.1 Å². The summed E-state index contributed by atoms with van der Waals surface area (Å²) in [5.74, 6) is 1.07. The van der Waals surface area contributed by atoms with Gasteiger partial charge in [-0.1, -0.05) is 25.4 Å². The van der Waals surface area contributed by atoms with Crippen molar-refractivity contribution in [1.82, 2.24) is 5.32 Å². The molecule has 1 aliphatic heterocycles. The summed E-state index contributed by atoms with van der Waals surface area (Å²) in [6.45, 7) is 5.49. The monoisotopic (exact) mass is 326 g/mol. The molecule has 0 saturated carbocycles. The highest BCUT2D eigenvalue weighted by molar-refractivity contribution is 6.32. The van der Waals surface area contributed by atoms with Gasteiger partial charge >= 0.3 is 0 Å². The van der Waals surface area contributed by atoms with Crippen LogP contribution in [0.2, 0.25) is 5.02 Å². The van der Waals surface area contributed by atoms with E-state index in [1.165, 1.54) is 0 Å². The van der Waals surface area contributed by atoms with E-state index in [-0.39, 0.29) is 17.9 Å². The largest absolute Gasteiger partial charge is 0.486 e. The lowest BCUT2D eigenvalue weighted by molar-refractivity contribution is -0.120. The number of nitrogens with two attached hydrogens (primary N) is 1. The van der Waals surface area contributed by atoms with Crippen LogP contribution in [0.4, 0.5) is 0 Å². The number of halogens is 1. The van der Waals surface area contributed by atoms with E-state index in [4.69, 9.17) is 26.8 Å². The maximum absolute atomic E-state index is 12.1. The smallest absolute Gasteiger partial charge is 0.224 e. The molecule has 1 amide bonds. The SMILES string of the molecule is CCC(N)(CC)CNC(=O)Cc1cc(Cl)c2c(c1)OCCO2. The van der Waals surface area contributed by atoms with Crippen molar-refractivity contribution in [2.45, 2.75) is 38.6 Å². The van der Waals surface area contributed by atoms with E-state index in [2.05, 4.69) is 5.32 Å². The first-order valence-corrected chi connectivity index (χ1v) is 7.99. The fraction of sp³-hybridized carbons (Fsp3) is 0.562. The van der Waals surface area contributed by atoms with E-state index in [1.54, 1.807) is 12.1 Å². The Kier molecular flexibility index (Phi) is 5.53. The molecule has 0 saturated heterocycles. The summed E-state index contributed by atoms with van der Waals surface area (Å²) < 4.78 is 11.0. The topological polar surface area (TPSA) is 73.6 Å². The molecule has 1 heterocycles. The average Bonchev–Trinajstić information content (AvgIpc) is 2.53. The molecule has 1 aliphatic rings. The predicted octanol–water partition coefficient (Wildman–Crippen LogP) is 2.29. The quantitative estimate of drug-likeness (QED) is 0.841. The van der Waals surface area contributed by atoms with Crippen molar-refractivity contribution in [2.24, 2.45) is 5.73 Å². The molecule has 0 atom stereocenters. The zero-order valence-corrected chi connectivity index (χ0v) is 13.8. The van der Waals surface area contributed by atoms with Gasteiger partial charge in [0.15, 0.2) is 11.5 Å². The van der Waals surface area contributed by atoms with Crippen molar-refractivity contribution >= 4 is 17.5 Å². The number of fused-ring (bicyclic) bond motifs is 1. The summed E-state index contributed by atoms with van der Waals surface area (Å²) in [5, 5.41) is 3.36. The number of hydrogen-bond donors (Lipinski definition) is 2. The van der Waals surface area contributed by atoms with Gasteiger partial charge < -0.3 is 20.5 Å². The van der Waals surface area contributed by atoms with E-state index in [9.17, 15) is 4.79 Å². The average molecular weight is 327 g/mol. The van der Waals surface area contributed by atoms with Crippen LogP contribution in [0.1, 0.15) is 32.3 Å². The molecular formula is C16H23ClN2O3. The fourth-order valence-electron chi connectivity index (χ4n) is 2.29. The molecule has 0 unspecified atom stereocenters. The highest BCUT2D eigenvalue weighted by Gasteiger charge is 2.22. The van der Waals surface area contributed by atoms with Crippen molar-refractivity contribution in [2.75, 3.05) is 19.8 Å². The molecule has 0 radical (unpaired) electrons. The second-order valence-corrected chi connectivity index (χ2v) is 6.03. The van der Waals surface area contributed by atoms with Crippen molar-refractivity contribution < 1.29 is 14.3 Å². The number of carbonyl (C=O) groups excluding carboxylic acids is 1. The summed E-state index contributed by atoms with van der Waals surface area (Å²) in [6, 6.07) is 3.54. The van der Waals surface area contributed by atoms with Gasteiger partial charge in [-0.2, -0.15) is 0 Å². The van der Waals surface area contributed by atoms with Gasteiger partial charge in [0.2, 0.25) is 5.91 Å². The van der Waals surface area contributed by atoms with E-state index in [1.807, 2.05) is 13.8 Å². The number of carbonyl (C=O) groups is 1. The molecule has 1 aromatic rings. The van der Waals surface area contributed by atoms with E-state index >= 15 is 0 Å². The van der Waals surface area contributed by atoms with Crippen molar-refractivity contribution in [3.05, 3.63) is 22.7 Å². The lowest BCUT2D eigenvalue weighted by Crippen LogP contribution is -2.49. The van der Waals surface area contributed by atoms with Gasteiger partial charge in [0.1, 0.15) is 13.2 Å². The zero-order valence-electron chi connectivity index (χ0n) is 13.1. The number of hydrogen-bond acceptors (Lipinski definition) is 4. The van der Waals surface area contributed by atoms with Crippen LogP contribution in [0.5, 0.6) is 11.5 Å². The molecule has 0 fully saturated rings. The summed E-state index contributed by atoms with van der Waals surface area (Å²) in [5.41, 5.74) is 6.63. The Labute approximate surface area is 136 Å². The van der Waals surface area contributed by atoms with Crippen LogP contribution in [-0.4, -0.2) is 31.2 Å². The molecule has 0 bridgehead atoms. The van der Waals surface area contributed by atoms with Gasteiger partial charge in [-0.25, -0.2) is 0 Å². The molecular weight excluding hydrogens is 304 g/mol. The number of rotatable bonds is 6. The number of benzene rings is 1. The molecule has 0 aromatic heterocycles. The number of nitrogens with one attached hydrogen (secondary N) is 1. The van der Waals surface area contributed by atoms with Crippen LogP contribution >= 0.6 is 11.6 Å². The van der Waals surface area contributed by atoms with Crippen LogP contribution in [-0.2, 0) is 11.2 Å². The van der Waals surface area contributed by atoms with Gasteiger partial charge in [-0.3, -0.25) is 4.79 Å². The van der Waals surface area contributed by atoms with Gasteiger partial charge in [0.25, 0.3) is 0 Å². The molecule has 122 valence electrons. The Balaban J connectivity index is 1.99. The minimum atomic E-state index is -0.347. The third-order valence-corrected chi connectivity index (χ3v) is 4.35. The van der Waals surface area contributed by atoms with Gasteiger partial charge in [0.05, 0.1) is 11.4 Å². The second kappa shape index (κ2) is 7.20. The second-order valence-electron chi connectivity index (χ2n) is 5.62. The summed E-state index contributed by atoms with van der Waals surface area (Å²) in [4.78, 5) is 12.1. The Bertz CT molecular complexity index is 544. The Morgan fingerprint density at radius 3 is 2.68 bits per heavy atom. The maximum atomic E-state index is 12.1. The van der Waals surface area contributed by atoms with Gasteiger partial charge in [0, 0.05) is 12.1 Å². The zero-order chi connectivity index (χ0) is 16.2. The third kappa shape index (κ3) is 4.05. The first kappa shape index (κ1) is 16.9. The van der Waals surface area contributed by atoms with Crippen LogP contribution < -0.4 is 20.5 Å². The maximum Gasteiger partial charge on any atom is 0.224 e. The molecule has 6 heteroatoms. The Morgan fingerprint density at radius 2 is 2.00 bits per heavy atom. The predicted molar refractivity (Wildman–Crippen MR) is 86.7 cm³/mol. The summed E-state index contributed by atoms with van der Waals surface area (Å²) in [6.07, 6.45) is 1.87. The molecule has 2 rings (SSSR count). The Hall–Kier alpha value is -1.46. The molecule has 0 spiro atoms. The first-order chi connectivity index (χ1) is 10.5. The standard InChI is InChI=1S/C16H23ClN2O3/c1-3-16(18,4-2)10-19-14(20)9-11-7-12(17)15-13(8-11)21-5-6-22-15/h7-8H,3-6,9-10,18H2,1-2H3,(H,19,20). The molecule has 22 heavy (non-hydrogen) atoms. The van der Waals surface area contributed by atoms with E-state index < -0.39 is 0 Å². The lowest BCUT2D eigenvalue weighted by atomic mass is 9.94. The van der Waals surface area contributed by atoms with Crippen molar-refractivity contribution in [1.29, 1.82) is 0 Å². The van der Waals surface area contributed by atoms with Crippen LogP contribution in [0.25, 0.3) is 0 Å². The summed E-state index contributed by atoms with van der Waals surface area (Å²) >= 11 is 6.17. The summed E-state index contributed by atoms with van der Waals surface area (Å²) in [7, 11) is 0. The minimum Gasteiger partial charge on any atom is -0.486 e. The normalized spacial score (nSPS) is 13.8. The minimum absolute atomic E-state index is 0.0792. The molecule has 5 nitrogen and oxygen atoms in total. The fourth-order valence-corrected chi connectivity index (χ4v) is 2.58. The molecule has 0 aliphatic carbocycles. The van der Waals surface area contributed by atoms with Crippen molar-refractivity contribution in [3.8, 4) is 11.5 Å². The highest BCUT2D eigenvalue weighted by Crippen LogP contribution is 2.38. The van der Waals surface area contributed by atoms with Crippen LogP contribution in [0, 0.1) is 0 Å². The van der Waals surface area contributed by atoms with Crippen LogP contribution in [0.3, 0.4) is 0 Å². The van der Waals surface area contributed by atoms with E-state index in [0.717, 1.165) is 18.4 Å². The number of amides is 1. The number of ether oxygens (including phenoxy) is 2. The third-order valence-electron chi connectivity index (χ3n) is 4.07. The first-order valence-electron chi connectivity index (χ1n) is 7.61. The Morgan fingerprint density at radius 1 is 1.32 bits per heavy atom. The van der Waals surface area contributed by atoms with E-state index in [0.29, 0.717) is 36.3 Å². The molecule has 1 aromatic carbocycles. The van der Waals surface area contributed by atoms with Crippen molar-refractivity contribution in [3.63, 3.8) is 0 Å². The van der Waals surface area contributed by atoms with Gasteiger partial charge in [-0.15, -0.1) is 0 Å². The highest BCUT2D eigenvalue weighted by atomic mass is 35.5. The molecule has 3 N–H and O–H groups in total.